The summed E-state index contributed by atoms with van der Waals surface area (Å²) in [5, 5.41) is 13.7. The van der Waals surface area contributed by atoms with Gasteiger partial charge in [-0.15, -0.1) is 0 Å². The lowest BCUT2D eigenvalue weighted by molar-refractivity contribution is -0.137. The largest absolute Gasteiger partial charge is 0.494 e. The lowest BCUT2D eigenvalue weighted by Gasteiger charge is -2.15. The van der Waals surface area contributed by atoms with Crippen molar-refractivity contribution >= 4 is 17.7 Å². The minimum atomic E-state index is -0.986. The number of ether oxygens (including phenoxy) is 1. The second kappa shape index (κ2) is 7.32. The summed E-state index contributed by atoms with van der Waals surface area (Å²) < 4.78 is 18.0. The zero-order chi connectivity index (χ0) is 15.1. The van der Waals surface area contributed by atoms with Gasteiger partial charge in [-0.3, -0.25) is 4.79 Å². The molecule has 0 saturated carbocycles. The van der Waals surface area contributed by atoms with Crippen molar-refractivity contribution in [1.82, 2.24) is 5.32 Å². The predicted molar refractivity (Wildman–Crippen MR) is 71.4 cm³/mol. The number of aliphatic carboxylic acids is 1. The van der Waals surface area contributed by atoms with Crippen molar-refractivity contribution in [2.24, 2.45) is 0 Å². The highest BCUT2D eigenvalue weighted by Gasteiger charge is 2.14. The van der Waals surface area contributed by atoms with E-state index >= 15 is 0 Å². The Bertz CT molecular complexity index is 493. The van der Waals surface area contributed by atoms with E-state index in [9.17, 15) is 14.0 Å². The molecule has 0 fully saturated rings. The van der Waals surface area contributed by atoms with E-state index in [0.717, 1.165) is 0 Å². The van der Waals surface area contributed by atoms with Crippen LogP contribution in [0.3, 0.4) is 0 Å². The fourth-order valence-corrected chi connectivity index (χ4v) is 1.60. The van der Waals surface area contributed by atoms with Crippen LogP contribution in [0.1, 0.15) is 19.8 Å². The molecule has 0 aliphatic rings. The Labute approximate surface area is 115 Å². The molecular weight excluding hydrogens is 267 g/mol. The van der Waals surface area contributed by atoms with Crippen LogP contribution < -0.4 is 15.4 Å². The highest BCUT2D eigenvalue weighted by molar-refractivity contribution is 5.89. The van der Waals surface area contributed by atoms with Crippen molar-refractivity contribution in [3.8, 4) is 5.75 Å². The van der Waals surface area contributed by atoms with Gasteiger partial charge in [0.25, 0.3) is 0 Å². The fraction of sp³-hybridized carbons (Fsp3) is 0.385. The molecule has 0 heterocycles. The molecule has 0 aromatic heterocycles. The van der Waals surface area contributed by atoms with E-state index in [1.807, 2.05) is 0 Å². The number of hydrogen-bond donors (Lipinski definition) is 3. The van der Waals surface area contributed by atoms with Gasteiger partial charge in [0.15, 0.2) is 11.6 Å². The standard InChI is InChI=1S/C13H17FN2O4/c1-3-8(7-12(17)18)15-13(19)16-9-4-5-10(14)11(6-9)20-2/h4-6,8H,3,7H2,1-2H3,(H,17,18)(H2,15,16,19). The second-order valence-electron chi connectivity index (χ2n) is 4.15. The van der Waals surface area contributed by atoms with Gasteiger partial charge in [-0.25, -0.2) is 9.18 Å². The van der Waals surface area contributed by atoms with Crippen molar-refractivity contribution in [3.05, 3.63) is 24.0 Å². The minimum absolute atomic E-state index is 0.0142. The van der Waals surface area contributed by atoms with E-state index in [1.165, 1.54) is 25.3 Å². The predicted octanol–water partition coefficient (Wildman–Crippen LogP) is 2.21. The number of carboxylic acids is 1. The first-order valence-corrected chi connectivity index (χ1v) is 6.09. The van der Waals surface area contributed by atoms with Gasteiger partial charge in [0.1, 0.15) is 0 Å². The fourth-order valence-electron chi connectivity index (χ4n) is 1.60. The van der Waals surface area contributed by atoms with Crippen molar-refractivity contribution < 1.29 is 23.8 Å². The van der Waals surface area contributed by atoms with E-state index in [1.54, 1.807) is 6.92 Å². The first-order valence-electron chi connectivity index (χ1n) is 6.09. The number of hydrogen-bond acceptors (Lipinski definition) is 3. The van der Waals surface area contributed by atoms with Crippen LogP contribution in [0.4, 0.5) is 14.9 Å². The Morgan fingerprint density at radius 1 is 1.45 bits per heavy atom. The van der Waals surface area contributed by atoms with Crippen LogP contribution in [0, 0.1) is 5.82 Å². The maximum Gasteiger partial charge on any atom is 0.319 e. The van der Waals surface area contributed by atoms with Gasteiger partial charge in [0.2, 0.25) is 0 Å². The number of urea groups is 1. The molecule has 0 radical (unpaired) electrons. The summed E-state index contributed by atoms with van der Waals surface area (Å²) in [5.41, 5.74) is 0.353. The Kier molecular flexibility index (Phi) is 5.76. The van der Waals surface area contributed by atoms with E-state index in [0.29, 0.717) is 12.1 Å². The molecule has 1 atom stereocenters. The third-order valence-corrected chi connectivity index (χ3v) is 2.66. The summed E-state index contributed by atoms with van der Waals surface area (Å²) in [7, 11) is 1.32. The lowest BCUT2D eigenvalue weighted by atomic mass is 10.1. The van der Waals surface area contributed by atoms with Crippen LogP contribution in [0.25, 0.3) is 0 Å². The molecule has 2 amide bonds. The van der Waals surface area contributed by atoms with Crippen molar-refractivity contribution in [2.45, 2.75) is 25.8 Å². The number of carbonyl (C=O) groups is 2. The van der Waals surface area contributed by atoms with Crippen LogP contribution in [0.15, 0.2) is 18.2 Å². The highest BCUT2D eigenvalue weighted by Crippen LogP contribution is 2.21. The van der Waals surface area contributed by atoms with Gasteiger partial charge < -0.3 is 20.5 Å². The lowest BCUT2D eigenvalue weighted by Crippen LogP contribution is -2.38. The molecule has 110 valence electrons. The molecule has 1 rings (SSSR count). The minimum Gasteiger partial charge on any atom is -0.494 e. The number of methoxy groups -OCH3 is 1. The quantitative estimate of drug-likeness (QED) is 0.747. The van der Waals surface area contributed by atoms with Crippen LogP contribution in [0.2, 0.25) is 0 Å². The molecule has 0 bridgehead atoms. The first-order chi connectivity index (χ1) is 9.46. The number of anilines is 1. The summed E-state index contributed by atoms with van der Waals surface area (Å²) in [4.78, 5) is 22.3. The van der Waals surface area contributed by atoms with Gasteiger partial charge in [-0.1, -0.05) is 6.92 Å². The van der Waals surface area contributed by atoms with E-state index in [2.05, 4.69) is 10.6 Å². The van der Waals surface area contributed by atoms with Crippen LogP contribution in [0.5, 0.6) is 5.75 Å². The molecule has 1 aromatic rings. The molecule has 0 aliphatic carbocycles. The molecule has 0 saturated heterocycles. The normalized spacial score (nSPS) is 11.6. The van der Waals surface area contributed by atoms with Crippen molar-refractivity contribution in [2.75, 3.05) is 12.4 Å². The molecule has 20 heavy (non-hydrogen) atoms. The summed E-state index contributed by atoms with van der Waals surface area (Å²) in [6, 6.07) is 2.88. The van der Waals surface area contributed by atoms with Crippen LogP contribution >= 0.6 is 0 Å². The van der Waals surface area contributed by atoms with E-state index < -0.39 is 23.9 Å². The molecule has 1 unspecified atom stereocenters. The third kappa shape index (κ3) is 4.75. The van der Waals surface area contributed by atoms with E-state index in [-0.39, 0.29) is 12.2 Å². The molecule has 3 N–H and O–H groups in total. The summed E-state index contributed by atoms with van der Waals surface area (Å²) >= 11 is 0. The number of carboxylic acid groups (broad SMARTS) is 1. The number of benzene rings is 1. The van der Waals surface area contributed by atoms with Gasteiger partial charge >= 0.3 is 12.0 Å². The number of rotatable bonds is 6. The Hall–Kier alpha value is -2.31. The molecular formula is C13H17FN2O4. The van der Waals surface area contributed by atoms with Gasteiger partial charge in [0, 0.05) is 17.8 Å². The topological polar surface area (TPSA) is 87.7 Å². The Morgan fingerprint density at radius 3 is 2.70 bits per heavy atom. The summed E-state index contributed by atoms with van der Waals surface area (Å²) in [6.07, 6.45) is 0.336. The SMILES string of the molecule is CCC(CC(=O)O)NC(=O)Nc1ccc(F)c(OC)c1. The monoisotopic (exact) mass is 284 g/mol. The van der Waals surface area contributed by atoms with Gasteiger partial charge in [-0.2, -0.15) is 0 Å². The number of carbonyl (C=O) groups excluding carboxylic acids is 1. The zero-order valence-electron chi connectivity index (χ0n) is 11.3. The summed E-state index contributed by atoms with van der Waals surface area (Å²) in [5.74, 6) is -1.50. The second-order valence-corrected chi connectivity index (χ2v) is 4.15. The van der Waals surface area contributed by atoms with E-state index in [4.69, 9.17) is 9.84 Å². The van der Waals surface area contributed by atoms with Crippen LogP contribution in [-0.2, 0) is 4.79 Å². The smallest absolute Gasteiger partial charge is 0.319 e. The zero-order valence-corrected chi connectivity index (χ0v) is 11.3. The van der Waals surface area contributed by atoms with Crippen molar-refractivity contribution in [3.63, 3.8) is 0 Å². The molecule has 0 aliphatic heterocycles. The number of nitrogens with one attached hydrogen (secondary N) is 2. The molecule has 0 spiro atoms. The molecule has 6 nitrogen and oxygen atoms in total. The number of amides is 2. The Balaban J connectivity index is 2.63. The van der Waals surface area contributed by atoms with Crippen molar-refractivity contribution in [1.29, 1.82) is 0 Å². The average Bonchev–Trinajstić information content (AvgIpc) is 2.39. The maximum atomic E-state index is 13.2. The molecule has 1 aromatic carbocycles. The Morgan fingerprint density at radius 2 is 2.15 bits per heavy atom. The molecule has 7 heteroatoms. The highest BCUT2D eigenvalue weighted by atomic mass is 19.1. The maximum absolute atomic E-state index is 13.2. The third-order valence-electron chi connectivity index (χ3n) is 2.66. The van der Waals surface area contributed by atoms with Gasteiger partial charge in [0.05, 0.1) is 13.5 Å². The number of halogens is 1. The first kappa shape index (κ1) is 15.7. The summed E-state index contributed by atoms with van der Waals surface area (Å²) in [6.45, 7) is 1.77. The average molecular weight is 284 g/mol. The van der Waals surface area contributed by atoms with Crippen LogP contribution in [-0.4, -0.2) is 30.3 Å². The van der Waals surface area contributed by atoms with Gasteiger partial charge in [-0.05, 0) is 18.6 Å².